The third kappa shape index (κ3) is 4.73. The van der Waals surface area contributed by atoms with Gasteiger partial charge in [-0.3, -0.25) is 0 Å². The van der Waals surface area contributed by atoms with Crippen molar-refractivity contribution < 1.29 is 9.53 Å². The number of fused-ring (bicyclic) bond motifs is 3. The van der Waals surface area contributed by atoms with Crippen molar-refractivity contribution in [1.82, 2.24) is 0 Å². The highest BCUT2D eigenvalue weighted by Gasteiger charge is 2.40. The average Bonchev–Trinajstić information content (AvgIpc) is 2.86. The van der Waals surface area contributed by atoms with Gasteiger partial charge in [0.1, 0.15) is 0 Å². The molecule has 2 atom stereocenters. The molecule has 0 N–H and O–H groups in total. The van der Waals surface area contributed by atoms with E-state index in [1.807, 2.05) is 13.0 Å². The van der Waals surface area contributed by atoms with Crippen LogP contribution in [0, 0.1) is 12.8 Å². The maximum absolute atomic E-state index is 11.8. The second-order valence-corrected chi connectivity index (χ2v) is 9.80. The van der Waals surface area contributed by atoms with E-state index in [9.17, 15) is 4.79 Å². The summed E-state index contributed by atoms with van der Waals surface area (Å²) in [5, 5.41) is 0. The molecule has 2 aliphatic rings. The van der Waals surface area contributed by atoms with E-state index in [4.69, 9.17) is 4.74 Å². The van der Waals surface area contributed by atoms with E-state index in [1.165, 1.54) is 63.5 Å². The molecule has 2 heteroatoms. The second-order valence-electron chi connectivity index (χ2n) is 9.80. The van der Waals surface area contributed by atoms with Crippen molar-refractivity contribution in [2.45, 2.75) is 46.0 Å². The smallest absolute Gasteiger partial charge is 0.330 e. The Morgan fingerprint density at radius 1 is 0.917 bits per heavy atom. The molecular formula is C34H34O2. The predicted molar refractivity (Wildman–Crippen MR) is 150 cm³/mol. The number of hydrogen-bond donors (Lipinski definition) is 0. The number of esters is 1. The molecule has 0 spiro atoms. The third-order valence-corrected chi connectivity index (χ3v) is 7.59. The number of benzene rings is 3. The molecule has 3 aromatic rings. The number of allylic oxidation sites excluding steroid dienone is 3. The SMILES string of the molecule is CCOC(=O)/C=C/c1ccc(/C(C2=Cc3ccccc3C3CCC23)=C(/CC)c2cccc(C)c2)cc1. The van der Waals surface area contributed by atoms with Crippen molar-refractivity contribution in [3.8, 4) is 0 Å². The number of ether oxygens (including phenoxy) is 1. The van der Waals surface area contributed by atoms with Crippen molar-refractivity contribution >= 4 is 29.3 Å². The van der Waals surface area contributed by atoms with Crippen LogP contribution in [0.15, 0.2) is 84.4 Å². The van der Waals surface area contributed by atoms with Gasteiger partial charge in [0.05, 0.1) is 6.61 Å². The fourth-order valence-corrected chi connectivity index (χ4v) is 5.75. The summed E-state index contributed by atoms with van der Waals surface area (Å²) in [6.07, 6.45) is 9.23. The van der Waals surface area contributed by atoms with Gasteiger partial charge >= 0.3 is 5.97 Å². The minimum Gasteiger partial charge on any atom is -0.463 e. The summed E-state index contributed by atoms with van der Waals surface area (Å²) in [7, 11) is 0. The zero-order valence-corrected chi connectivity index (χ0v) is 21.5. The molecule has 36 heavy (non-hydrogen) atoms. The van der Waals surface area contributed by atoms with Crippen molar-refractivity contribution in [3.63, 3.8) is 0 Å². The number of carbonyl (C=O) groups is 1. The van der Waals surface area contributed by atoms with Crippen LogP contribution in [-0.2, 0) is 9.53 Å². The van der Waals surface area contributed by atoms with Gasteiger partial charge in [-0.2, -0.15) is 0 Å². The van der Waals surface area contributed by atoms with Crippen molar-refractivity contribution in [1.29, 1.82) is 0 Å². The van der Waals surface area contributed by atoms with Gasteiger partial charge in [-0.1, -0.05) is 91.4 Å². The van der Waals surface area contributed by atoms with Crippen LogP contribution in [-0.4, -0.2) is 12.6 Å². The largest absolute Gasteiger partial charge is 0.463 e. The Labute approximate surface area is 215 Å². The van der Waals surface area contributed by atoms with Crippen LogP contribution in [0.3, 0.4) is 0 Å². The fourth-order valence-electron chi connectivity index (χ4n) is 5.75. The first kappa shape index (κ1) is 24.1. The molecule has 1 fully saturated rings. The molecule has 182 valence electrons. The van der Waals surface area contributed by atoms with E-state index in [1.54, 1.807) is 0 Å². The first-order chi connectivity index (χ1) is 17.6. The summed E-state index contributed by atoms with van der Waals surface area (Å²) in [5.41, 5.74) is 11.9. The van der Waals surface area contributed by atoms with E-state index >= 15 is 0 Å². The van der Waals surface area contributed by atoms with E-state index in [2.05, 4.69) is 92.7 Å². The summed E-state index contributed by atoms with van der Waals surface area (Å²) in [4.78, 5) is 11.8. The van der Waals surface area contributed by atoms with Gasteiger partial charge in [-0.15, -0.1) is 0 Å². The molecule has 5 rings (SSSR count). The molecule has 3 aromatic carbocycles. The van der Waals surface area contributed by atoms with Crippen molar-refractivity contribution in [2.75, 3.05) is 6.61 Å². The maximum atomic E-state index is 11.8. The molecule has 0 heterocycles. The maximum Gasteiger partial charge on any atom is 0.330 e. The Hall–Kier alpha value is -3.65. The van der Waals surface area contributed by atoms with Gasteiger partial charge in [0.25, 0.3) is 0 Å². The zero-order valence-electron chi connectivity index (χ0n) is 21.5. The zero-order chi connectivity index (χ0) is 25.1. The molecule has 1 saturated carbocycles. The molecule has 2 aliphatic carbocycles. The van der Waals surface area contributed by atoms with E-state index in [-0.39, 0.29) is 5.97 Å². The summed E-state index contributed by atoms with van der Waals surface area (Å²) in [5.74, 6) is 0.861. The highest BCUT2D eigenvalue weighted by atomic mass is 16.5. The first-order valence-corrected chi connectivity index (χ1v) is 13.1. The summed E-state index contributed by atoms with van der Waals surface area (Å²) >= 11 is 0. The first-order valence-electron chi connectivity index (χ1n) is 13.1. The summed E-state index contributed by atoms with van der Waals surface area (Å²) in [6, 6.07) is 26.4. The van der Waals surface area contributed by atoms with Crippen molar-refractivity contribution in [3.05, 3.63) is 118 Å². The Kier molecular flexibility index (Phi) is 7.04. The molecule has 0 bridgehead atoms. The van der Waals surface area contributed by atoms with Crippen LogP contribution in [0.2, 0.25) is 0 Å². The molecule has 0 radical (unpaired) electrons. The van der Waals surface area contributed by atoms with E-state index < -0.39 is 0 Å². The normalized spacial score (nSPS) is 19.0. The number of carbonyl (C=O) groups excluding carboxylic acids is 1. The molecule has 0 saturated heterocycles. The average molecular weight is 475 g/mol. The summed E-state index contributed by atoms with van der Waals surface area (Å²) < 4.78 is 5.03. The van der Waals surface area contributed by atoms with Gasteiger partial charge in [-0.25, -0.2) is 4.79 Å². The standard InChI is InChI=1S/C34H34O2/c1-4-28(26-11-8-9-23(3)21-26)34(25-16-13-24(14-17-25)15-20-33(35)36-5-2)32-22-27-10-6-7-12-29(27)30-18-19-31(30)32/h6-17,20-22,30-31H,4-5,18-19H2,1-3H3/b20-15+,34-28+. The Bertz CT molecular complexity index is 1350. The lowest BCUT2D eigenvalue weighted by molar-refractivity contribution is -0.137. The van der Waals surface area contributed by atoms with Gasteiger partial charge in [0, 0.05) is 6.08 Å². The Balaban J connectivity index is 1.64. The quantitative estimate of drug-likeness (QED) is 0.195. The second kappa shape index (κ2) is 10.5. The molecule has 2 nitrogen and oxygen atoms in total. The lowest BCUT2D eigenvalue weighted by Gasteiger charge is -2.44. The summed E-state index contributed by atoms with van der Waals surface area (Å²) in [6.45, 7) is 6.64. The van der Waals surface area contributed by atoms with Crippen LogP contribution >= 0.6 is 0 Å². The van der Waals surface area contributed by atoms with E-state index in [0.29, 0.717) is 18.4 Å². The fraction of sp³-hybridized carbons (Fsp3) is 0.265. The highest BCUT2D eigenvalue weighted by Crippen LogP contribution is 2.55. The predicted octanol–water partition coefficient (Wildman–Crippen LogP) is 8.48. The minimum atomic E-state index is -0.308. The minimum absolute atomic E-state index is 0.308. The van der Waals surface area contributed by atoms with Gasteiger partial charge in [-0.05, 0) is 95.6 Å². The molecule has 2 unspecified atom stereocenters. The lowest BCUT2D eigenvalue weighted by atomic mass is 9.60. The number of hydrogen-bond acceptors (Lipinski definition) is 2. The molecule has 0 aromatic heterocycles. The number of rotatable bonds is 7. The van der Waals surface area contributed by atoms with Gasteiger partial charge in [0.15, 0.2) is 0 Å². The Morgan fingerprint density at radius 2 is 1.69 bits per heavy atom. The van der Waals surface area contributed by atoms with Crippen LogP contribution in [0.5, 0.6) is 0 Å². The molecular weight excluding hydrogens is 440 g/mol. The Morgan fingerprint density at radius 3 is 2.39 bits per heavy atom. The third-order valence-electron chi connectivity index (χ3n) is 7.59. The van der Waals surface area contributed by atoms with Crippen LogP contribution < -0.4 is 0 Å². The van der Waals surface area contributed by atoms with Crippen LogP contribution in [0.4, 0.5) is 0 Å². The van der Waals surface area contributed by atoms with Crippen LogP contribution in [0.25, 0.3) is 23.3 Å². The monoisotopic (exact) mass is 474 g/mol. The lowest BCUT2D eigenvalue weighted by Crippen LogP contribution is -2.29. The van der Waals surface area contributed by atoms with Crippen LogP contribution in [0.1, 0.15) is 72.4 Å². The number of aryl methyl sites for hydroxylation is 1. The molecule has 0 aliphatic heterocycles. The topological polar surface area (TPSA) is 26.3 Å². The highest BCUT2D eigenvalue weighted by molar-refractivity contribution is 6.02. The van der Waals surface area contributed by atoms with Gasteiger partial charge in [0.2, 0.25) is 0 Å². The van der Waals surface area contributed by atoms with Crippen molar-refractivity contribution in [2.24, 2.45) is 5.92 Å². The molecule has 0 amide bonds. The van der Waals surface area contributed by atoms with Gasteiger partial charge < -0.3 is 4.74 Å². The van der Waals surface area contributed by atoms with E-state index in [0.717, 1.165) is 12.0 Å².